The Bertz CT molecular complexity index is 604. The molecule has 2 aromatic rings. The molecule has 1 aliphatic rings. The van der Waals surface area contributed by atoms with E-state index in [0.717, 1.165) is 30.6 Å². The van der Waals surface area contributed by atoms with Crippen LogP contribution in [0.3, 0.4) is 0 Å². The first-order valence-corrected chi connectivity index (χ1v) is 7.62. The molecule has 0 bridgehead atoms. The third kappa shape index (κ3) is 3.56. The van der Waals surface area contributed by atoms with E-state index in [-0.39, 0.29) is 17.7 Å². The number of piperazine rings is 1. The first-order chi connectivity index (χ1) is 11.2. The largest absolute Gasteiger partial charge is 0.343 e. The van der Waals surface area contributed by atoms with E-state index >= 15 is 0 Å². The number of carbonyl (C=O) groups excluding carboxylic acids is 1. The number of carbonyl (C=O) groups is 1. The van der Waals surface area contributed by atoms with Crippen molar-refractivity contribution in [1.82, 2.24) is 9.80 Å². The zero-order chi connectivity index (χ0) is 16.2. The van der Waals surface area contributed by atoms with Crippen molar-refractivity contribution in [2.24, 2.45) is 0 Å². The number of amides is 1. The Balaban J connectivity index is 1.91. The molecule has 1 aliphatic heterocycles. The molecule has 23 heavy (non-hydrogen) atoms. The van der Waals surface area contributed by atoms with Gasteiger partial charge < -0.3 is 4.90 Å². The molecule has 1 heterocycles. The van der Waals surface area contributed by atoms with Crippen LogP contribution in [0, 0.1) is 11.6 Å². The summed E-state index contributed by atoms with van der Waals surface area (Å²) in [5, 5.41) is 0. The van der Waals surface area contributed by atoms with Gasteiger partial charge in [0.2, 0.25) is 6.41 Å². The second kappa shape index (κ2) is 6.87. The highest BCUT2D eigenvalue weighted by Gasteiger charge is 2.26. The van der Waals surface area contributed by atoms with Crippen molar-refractivity contribution in [2.45, 2.75) is 6.04 Å². The lowest BCUT2D eigenvalue weighted by atomic mass is 9.96. The molecule has 0 aliphatic carbocycles. The number of hydrogen-bond donors (Lipinski definition) is 0. The molecule has 1 saturated heterocycles. The van der Waals surface area contributed by atoms with Crippen LogP contribution in [0.5, 0.6) is 0 Å². The standard InChI is InChI=1S/C18H18F2N2O/c19-16-5-1-14(2-6-16)18(15-3-7-17(20)8-4-15)22-11-9-21(13-23)10-12-22/h1-8,13,18H,9-12H2. The number of nitrogens with zero attached hydrogens (tertiary/aromatic N) is 2. The van der Waals surface area contributed by atoms with Crippen LogP contribution in [0.4, 0.5) is 8.78 Å². The minimum absolute atomic E-state index is 0.0787. The number of hydrogen-bond acceptors (Lipinski definition) is 2. The topological polar surface area (TPSA) is 23.6 Å². The second-order valence-corrected chi connectivity index (χ2v) is 5.68. The average Bonchev–Trinajstić information content (AvgIpc) is 2.59. The van der Waals surface area contributed by atoms with Crippen molar-refractivity contribution >= 4 is 6.41 Å². The van der Waals surface area contributed by atoms with Gasteiger partial charge >= 0.3 is 0 Å². The van der Waals surface area contributed by atoms with E-state index in [1.54, 1.807) is 29.2 Å². The average molecular weight is 316 g/mol. The van der Waals surface area contributed by atoms with E-state index in [4.69, 9.17) is 0 Å². The van der Waals surface area contributed by atoms with Crippen LogP contribution in [-0.4, -0.2) is 42.4 Å². The molecule has 0 unspecified atom stereocenters. The lowest BCUT2D eigenvalue weighted by molar-refractivity contribution is -0.119. The predicted octanol–water partition coefficient (Wildman–Crippen LogP) is 2.83. The molecule has 0 aromatic heterocycles. The second-order valence-electron chi connectivity index (χ2n) is 5.68. The lowest BCUT2D eigenvalue weighted by Crippen LogP contribution is -2.47. The fourth-order valence-corrected chi connectivity index (χ4v) is 3.01. The molecule has 5 heteroatoms. The van der Waals surface area contributed by atoms with Gasteiger partial charge in [0.05, 0.1) is 6.04 Å². The monoisotopic (exact) mass is 316 g/mol. The lowest BCUT2D eigenvalue weighted by Gasteiger charge is -2.38. The minimum Gasteiger partial charge on any atom is -0.343 e. The summed E-state index contributed by atoms with van der Waals surface area (Å²) in [5.74, 6) is -0.560. The quantitative estimate of drug-likeness (QED) is 0.810. The maximum atomic E-state index is 13.2. The van der Waals surface area contributed by atoms with E-state index in [1.807, 2.05) is 0 Å². The Morgan fingerprint density at radius 3 is 1.61 bits per heavy atom. The Hall–Kier alpha value is -2.27. The highest BCUT2D eigenvalue weighted by molar-refractivity contribution is 5.47. The molecule has 0 N–H and O–H groups in total. The molecular weight excluding hydrogens is 298 g/mol. The third-order valence-corrected chi connectivity index (χ3v) is 4.23. The van der Waals surface area contributed by atoms with Crippen LogP contribution < -0.4 is 0 Å². The van der Waals surface area contributed by atoms with Gasteiger partial charge in [0, 0.05) is 26.2 Å². The summed E-state index contributed by atoms with van der Waals surface area (Å²) in [6.07, 6.45) is 0.863. The van der Waals surface area contributed by atoms with Crippen LogP contribution in [0.1, 0.15) is 17.2 Å². The molecule has 0 spiro atoms. The molecule has 3 rings (SSSR count). The Morgan fingerprint density at radius 1 is 0.783 bits per heavy atom. The molecule has 1 fully saturated rings. The zero-order valence-corrected chi connectivity index (χ0v) is 12.7. The number of halogens is 2. The number of benzene rings is 2. The normalized spacial score (nSPS) is 15.9. The molecule has 1 amide bonds. The van der Waals surface area contributed by atoms with Gasteiger partial charge in [0.25, 0.3) is 0 Å². The molecule has 0 radical (unpaired) electrons. The van der Waals surface area contributed by atoms with Crippen molar-refractivity contribution in [2.75, 3.05) is 26.2 Å². The maximum absolute atomic E-state index is 13.2. The minimum atomic E-state index is -0.280. The summed E-state index contributed by atoms with van der Waals surface area (Å²) < 4.78 is 26.5. The summed E-state index contributed by atoms with van der Waals surface area (Å²) in [4.78, 5) is 14.9. The van der Waals surface area contributed by atoms with Crippen molar-refractivity contribution in [1.29, 1.82) is 0 Å². The van der Waals surface area contributed by atoms with Gasteiger partial charge in [-0.1, -0.05) is 24.3 Å². The SMILES string of the molecule is O=CN1CCN(C(c2ccc(F)cc2)c2ccc(F)cc2)CC1. The molecular formula is C18H18F2N2O. The molecule has 120 valence electrons. The van der Waals surface area contributed by atoms with Crippen LogP contribution in [0.15, 0.2) is 48.5 Å². The van der Waals surface area contributed by atoms with Crippen LogP contribution in [0.25, 0.3) is 0 Å². The van der Waals surface area contributed by atoms with Crippen molar-refractivity contribution < 1.29 is 13.6 Å². The van der Waals surface area contributed by atoms with Crippen molar-refractivity contribution in [3.05, 3.63) is 71.3 Å². The van der Waals surface area contributed by atoms with Gasteiger partial charge in [-0.3, -0.25) is 9.69 Å². The Kier molecular flexibility index (Phi) is 4.67. The zero-order valence-electron chi connectivity index (χ0n) is 12.7. The third-order valence-electron chi connectivity index (χ3n) is 4.23. The van der Waals surface area contributed by atoms with Gasteiger partial charge in [0.1, 0.15) is 11.6 Å². The molecule has 3 nitrogen and oxygen atoms in total. The van der Waals surface area contributed by atoms with E-state index in [2.05, 4.69) is 4.90 Å². The first-order valence-electron chi connectivity index (χ1n) is 7.62. The number of rotatable bonds is 4. The molecule has 0 atom stereocenters. The molecule has 2 aromatic carbocycles. The summed E-state index contributed by atoms with van der Waals surface area (Å²) in [7, 11) is 0. The summed E-state index contributed by atoms with van der Waals surface area (Å²) in [6.45, 7) is 2.75. The van der Waals surface area contributed by atoms with Crippen molar-refractivity contribution in [3.8, 4) is 0 Å². The summed E-state index contributed by atoms with van der Waals surface area (Å²) in [5.41, 5.74) is 1.91. The Labute approximate surface area is 134 Å². The van der Waals surface area contributed by atoms with Crippen molar-refractivity contribution in [3.63, 3.8) is 0 Å². The molecule has 0 saturated carbocycles. The highest BCUT2D eigenvalue weighted by Crippen LogP contribution is 2.29. The fraction of sp³-hybridized carbons (Fsp3) is 0.278. The van der Waals surface area contributed by atoms with Gasteiger partial charge in [-0.05, 0) is 35.4 Å². The van der Waals surface area contributed by atoms with Crippen LogP contribution in [-0.2, 0) is 4.79 Å². The summed E-state index contributed by atoms with van der Waals surface area (Å²) in [6, 6.07) is 12.7. The Morgan fingerprint density at radius 2 is 1.22 bits per heavy atom. The van der Waals surface area contributed by atoms with E-state index in [1.165, 1.54) is 24.3 Å². The highest BCUT2D eigenvalue weighted by atomic mass is 19.1. The van der Waals surface area contributed by atoms with Crippen LogP contribution in [0.2, 0.25) is 0 Å². The van der Waals surface area contributed by atoms with Gasteiger partial charge in [-0.2, -0.15) is 0 Å². The van der Waals surface area contributed by atoms with Gasteiger partial charge in [-0.15, -0.1) is 0 Å². The maximum Gasteiger partial charge on any atom is 0.209 e. The first kappa shape index (κ1) is 15.6. The fourth-order valence-electron chi connectivity index (χ4n) is 3.01. The summed E-state index contributed by atoms with van der Waals surface area (Å²) >= 11 is 0. The van der Waals surface area contributed by atoms with Crippen LogP contribution >= 0.6 is 0 Å². The predicted molar refractivity (Wildman–Crippen MR) is 83.9 cm³/mol. The van der Waals surface area contributed by atoms with Gasteiger partial charge in [0.15, 0.2) is 0 Å². The van der Waals surface area contributed by atoms with E-state index in [9.17, 15) is 13.6 Å². The van der Waals surface area contributed by atoms with E-state index < -0.39 is 0 Å². The van der Waals surface area contributed by atoms with Gasteiger partial charge in [-0.25, -0.2) is 8.78 Å². The van der Waals surface area contributed by atoms with E-state index in [0.29, 0.717) is 13.1 Å². The smallest absolute Gasteiger partial charge is 0.209 e.